The van der Waals surface area contributed by atoms with Crippen molar-refractivity contribution in [2.45, 2.75) is 19.4 Å². The number of pyridine rings is 1. The molecular weight excluding hydrogens is 406 g/mol. The van der Waals surface area contributed by atoms with Crippen LogP contribution in [0.15, 0.2) is 58.1 Å². The average molecular weight is 432 g/mol. The summed E-state index contributed by atoms with van der Waals surface area (Å²) in [6.07, 6.45) is 3.01. The Morgan fingerprint density at radius 3 is 2.59 bits per heavy atom. The molecule has 1 amide bonds. The van der Waals surface area contributed by atoms with Crippen molar-refractivity contribution in [3.05, 3.63) is 64.4 Å². The summed E-state index contributed by atoms with van der Waals surface area (Å²) in [5.74, 6) is 0.773. The number of aliphatic imine (C=N–C) groups is 1. The number of nitrogens with zero attached hydrogens (tertiary/aromatic N) is 3. The molecule has 144 valence electrons. The summed E-state index contributed by atoms with van der Waals surface area (Å²) in [6.45, 7) is 1.84. The van der Waals surface area contributed by atoms with Crippen molar-refractivity contribution in [1.82, 2.24) is 20.5 Å². The van der Waals surface area contributed by atoms with Gasteiger partial charge in [-0.25, -0.2) is 0 Å². The molecule has 1 heterocycles. The molecule has 0 atom stereocenters. The van der Waals surface area contributed by atoms with E-state index in [-0.39, 0.29) is 5.91 Å². The Labute approximate surface area is 169 Å². The van der Waals surface area contributed by atoms with Crippen LogP contribution in [0.4, 0.5) is 0 Å². The second-order valence-electron chi connectivity index (χ2n) is 6.09. The predicted octanol–water partition coefficient (Wildman–Crippen LogP) is 2.60. The lowest BCUT2D eigenvalue weighted by atomic mass is 10.2. The third kappa shape index (κ3) is 7.38. The number of aromatic nitrogens is 1. The van der Waals surface area contributed by atoms with Crippen molar-refractivity contribution in [1.29, 1.82) is 0 Å². The first-order valence-electron chi connectivity index (χ1n) is 8.92. The van der Waals surface area contributed by atoms with Gasteiger partial charge >= 0.3 is 0 Å². The number of benzene rings is 1. The lowest BCUT2D eigenvalue weighted by Crippen LogP contribution is -2.40. The van der Waals surface area contributed by atoms with E-state index >= 15 is 0 Å². The largest absolute Gasteiger partial charge is 0.356 e. The van der Waals surface area contributed by atoms with Gasteiger partial charge in [0.15, 0.2) is 5.96 Å². The van der Waals surface area contributed by atoms with E-state index in [4.69, 9.17) is 0 Å². The minimum atomic E-state index is 0.0854. The van der Waals surface area contributed by atoms with Crippen LogP contribution in [0.25, 0.3) is 0 Å². The quantitative estimate of drug-likeness (QED) is 0.497. The van der Waals surface area contributed by atoms with Crippen LogP contribution in [0.5, 0.6) is 0 Å². The fourth-order valence-electron chi connectivity index (χ4n) is 2.52. The summed E-state index contributed by atoms with van der Waals surface area (Å²) < 4.78 is 1.01. The molecular formula is C20H26BrN5O. The van der Waals surface area contributed by atoms with Crippen molar-refractivity contribution in [3.8, 4) is 0 Å². The van der Waals surface area contributed by atoms with E-state index in [0.29, 0.717) is 25.5 Å². The summed E-state index contributed by atoms with van der Waals surface area (Å²) in [4.78, 5) is 22.5. The van der Waals surface area contributed by atoms with E-state index in [0.717, 1.165) is 28.7 Å². The first-order valence-corrected chi connectivity index (χ1v) is 9.71. The van der Waals surface area contributed by atoms with Gasteiger partial charge in [0.2, 0.25) is 5.91 Å². The molecule has 27 heavy (non-hydrogen) atoms. The van der Waals surface area contributed by atoms with Crippen LogP contribution in [0.2, 0.25) is 0 Å². The number of hydrogen-bond donors (Lipinski definition) is 2. The summed E-state index contributed by atoms with van der Waals surface area (Å²) in [5, 5.41) is 6.41. The minimum absolute atomic E-state index is 0.0854. The fraction of sp³-hybridized carbons (Fsp3) is 0.350. The van der Waals surface area contributed by atoms with E-state index < -0.39 is 0 Å². The Bertz CT molecular complexity index is 751. The summed E-state index contributed by atoms with van der Waals surface area (Å²) in [5.41, 5.74) is 2.12. The zero-order valence-corrected chi connectivity index (χ0v) is 17.4. The molecule has 0 aliphatic rings. The van der Waals surface area contributed by atoms with Crippen LogP contribution < -0.4 is 10.6 Å². The maximum absolute atomic E-state index is 12.3. The van der Waals surface area contributed by atoms with Gasteiger partial charge in [-0.05, 0) is 23.8 Å². The molecule has 0 aliphatic heterocycles. The Morgan fingerprint density at radius 2 is 1.89 bits per heavy atom. The number of halogens is 1. The smallest absolute Gasteiger partial charge is 0.224 e. The molecule has 0 aliphatic carbocycles. The van der Waals surface area contributed by atoms with Crippen LogP contribution >= 0.6 is 15.9 Å². The number of carbonyl (C=O) groups is 1. The number of nitrogens with one attached hydrogen (secondary N) is 2. The fourth-order valence-corrected chi connectivity index (χ4v) is 2.93. The molecule has 0 unspecified atom stereocenters. The highest BCUT2D eigenvalue weighted by Gasteiger charge is 2.11. The minimum Gasteiger partial charge on any atom is -0.356 e. The van der Waals surface area contributed by atoms with Gasteiger partial charge in [-0.3, -0.25) is 14.8 Å². The normalized spacial score (nSPS) is 11.1. The maximum atomic E-state index is 12.3. The number of guanidine groups is 1. The molecule has 0 radical (unpaired) electrons. The molecule has 0 bridgehead atoms. The summed E-state index contributed by atoms with van der Waals surface area (Å²) in [6, 6.07) is 13.8. The summed E-state index contributed by atoms with van der Waals surface area (Å²) in [7, 11) is 3.54. The zero-order valence-electron chi connectivity index (χ0n) is 15.8. The molecule has 0 spiro atoms. The van der Waals surface area contributed by atoms with Crippen molar-refractivity contribution in [3.63, 3.8) is 0 Å². The number of amides is 1. The van der Waals surface area contributed by atoms with Gasteiger partial charge in [0.05, 0.1) is 0 Å². The second-order valence-corrected chi connectivity index (χ2v) is 6.94. The van der Waals surface area contributed by atoms with Gasteiger partial charge in [0.25, 0.3) is 0 Å². The molecule has 0 saturated carbocycles. The molecule has 0 fully saturated rings. The SMILES string of the molecule is CN=C(NCCC(=O)N(C)Cc1ccccc1Br)NCCc1ccccn1. The van der Waals surface area contributed by atoms with E-state index in [9.17, 15) is 4.79 Å². The lowest BCUT2D eigenvalue weighted by molar-refractivity contribution is -0.130. The molecule has 2 rings (SSSR count). The van der Waals surface area contributed by atoms with Crippen molar-refractivity contribution in [2.24, 2.45) is 4.99 Å². The number of rotatable bonds is 8. The molecule has 2 aromatic rings. The van der Waals surface area contributed by atoms with Crippen molar-refractivity contribution < 1.29 is 4.79 Å². The van der Waals surface area contributed by atoms with E-state index in [1.54, 1.807) is 18.1 Å². The molecule has 6 nitrogen and oxygen atoms in total. The van der Waals surface area contributed by atoms with Gasteiger partial charge in [0.1, 0.15) is 0 Å². The first kappa shape index (κ1) is 20.9. The van der Waals surface area contributed by atoms with E-state index in [1.807, 2.05) is 49.5 Å². The van der Waals surface area contributed by atoms with Gasteiger partial charge in [-0.1, -0.05) is 40.2 Å². The van der Waals surface area contributed by atoms with E-state index in [1.165, 1.54) is 0 Å². The lowest BCUT2D eigenvalue weighted by Gasteiger charge is -2.19. The Kier molecular flexibility index (Phi) is 8.77. The predicted molar refractivity (Wildman–Crippen MR) is 113 cm³/mol. The van der Waals surface area contributed by atoms with Gasteiger partial charge in [-0.15, -0.1) is 0 Å². The van der Waals surface area contributed by atoms with Gasteiger partial charge < -0.3 is 15.5 Å². The molecule has 1 aromatic carbocycles. The van der Waals surface area contributed by atoms with Crippen molar-refractivity contribution in [2.75, 3.05) is 27.2 Å². The summed E-state index contributed by atoms with van der Waals surface area (Å²) >= 11 is 3.52. The van der Waals surface area contributed by atoms with Crippen LogP contribution in [0, 0.1) is 0 Å². The van der Waals surface area contributed by atoms with Gasteiger partial charge in [0, 0.05) is 62.9 Å². The Hall–Kier alpha value is -2.41. The maximum Gasteiger partial charge on any atom is 0.224 e. The van der Waals surface area contributed by atoms with Crippen molar-refractivity contribution >= 4 is 27.8 Å². The number of carbonyl (C=O) groups excluding carboxylic acids is 1. The highest BCUT2D eigenvalue weighted by molar-refractivity contribution is 9.10. The standard InChI is InChI=1S/C20H26BrN5O/c1-22-20(24-13-10-17-8-5-6-12-23-17)25-14-11-19(27)26(2)15-16-7-3-4-9-18(16)21/h3-9,12H,10-11,13-15H2,1-2H3,(H2,22,24,25). The van der Waals surface area contributed by atoms with Crippen LogP contribution in [0.3, 0.4) is 0 Å². The first-order chi connectivity index (χ1) is 13.1. The number of hydrogen-bond acceptors (Lipinski definition) is 3. The molecule has 1 aromatic heterocycles. The third-order valence-electron chi connectivity index (χ3n) is 4.05. The topological polar surface area (TPSA) is 69.6 Å². The Morgan fingerprint density at radius 1 is 1.15 bits per heavy atom. The molecule has 0 saturated heterocycles. The molecule has 7 heteroatoms. The molecule has 2 N–H and O–H groups in total. The van der Waals surface area contributed by atoms with Crippen LogP contribution in [0.1, 0.15) is 17.7 Å². The average Bonchev–Trinajstić information content (AvgIpc) is 2.69. The second kappa shape index (κ2) is 11.3. The highest BCUT2D eigenvalue weighted by atomic mass is 79.9. The Balaban J connectivity index is 1.68. The zero-order chi connectivity index (χ0) is 19.5. The highest BCUT2D eigenvalue weighted by Crippen LogP contribution is 2.17. The van der Waals surface area contributed by atoms with Crippen LogP contribution in [-0.2, 0) is 17.8 Å². The monoisotopic (exact) mass is 431 g/mol. The van der Waals surface area contributed by atoms with E-state index in [2.05, 4.69) is 36.5 Å². The van der Waals surface area contributed by atoms with Gasteiger partial charge in [-0.2, -0.15) is 0 Å². The third-order valence-corrected chi connectivity index (χ3v) is 4.82. The van der Waals surface area contributed by atoms with Crippen LogP contribution in [-0.4, -0.2) is 48.9 Å².